The zero-order valence-corrected chi connectivity index (χ0v) is 9.01. The Morgan fingerprint density at radius 2 is 2.07 bits per heavy atom. The Kier molecular flexibility index (Phi) is 2.59. The van der Waals surface area contributed by atoms with Gasteiger partial charge in [-0.3, -0.25) is 0 Å². The third kappa shape index (κ3) is 1.82. The van der Waals surface area contributed by atoms with E-state index in [4.69, 9.17) is 11.6 Å². The molecule has 1 saturated carbocycles. The van der Waals surface area contributed by atoms with Crippen LogP contribution in [0.3, 0.4) is 0 Å². The van der Waals surface area contributed by atoms with Gasteiger partial charge in [0.1, 0.15) is 0 Å². The van der Waals surface area contributed by atoms with Crippen molar-refractivity contribution in [2.24, 2.45) is 0 Å². The van der Waals surface area contributed by atoms with Crippen LogP contribution in [-0.4, -0.2) is 21.4 Å². The molecule has 4 heteroatoms. The number of halogens is 1. The summed E-state index contributed by atoms with van der Waals surface area (Å²) in [6.07, 6.45) is 7.11. The monoisotopic (exact) mass is 211 g/mol. The molecule has 76 valence electrons. The molecule has 2 rings (SSSR count). The summed E-state index contributed by atoms with van der Waals surface area (Å²) in [5, 5.41) is 3.31. The van der Waals surface area contributed by atoms with Crippen LogP contribution in [0.25, 0.3) is 0 Å². The molecule has 0 unspecified atom stereocenters. The molecule has 3 nitrogen and oxygen atoms in total. The highest BCUT2D eigenvalue weighted by Gasteiger charge is 2.36. The molecule has 1 aromatic heterocycles. The average molecular weight is 212 g/mol. The third-order valence-electron chi connectivity index (χ3n) is 2.72. The van der Waals surface area contributed by atoms with Crippen molar-refractivity contribution in [1.82, 2.24) is 9.97 Å². The van der Waals surface area contributed by atoms with E-state index in [2.05, 4.69) is 15.3 Å². The van der Waals surface area contributed by atoms with Crippen molar-refractivity contribution in [3.63, 3.8) is 0 Å². The van der Waals surface area contributed by atoms with Gasteiger partial charge >= 0.3 is 0 Å². The average Bonchev–Trinajstić information content (AvgIpc) is 2.15. The lowest BCUT2D eigenvalue weighted by Crippen LogP contribution is -2.47. The van der Waals surface area contributed by atoms with Crippen molar-refractivity contribution in [2.45, 2.75) is 31.7 Å². The fourth-order valence-electron chi connectivity index (χ4n) is 1.59. The van der Waals surface area contributed by atoms with Gasteiger partial charge in [-0.25, -0.2) is 9.97 Å². The second-order valence-corrected chi connectivity index (χ2v) is 4.24. The standard InChI is InChI=1S/C10H14ClN3/c1-8-5-12-9(13-6-8)14-10(7-11)3-2-4-10/h5-6H,2-4,7H2,1H3,(H,12,13,14). The van der Waals surface area contributed by atoms with Gasteiger partial charge in [0.25, 0.3) is 0 Å². The molecule has 0 saturated heterocycles. The van der Waals surface area contributed by atoms with Crippen molar-refractivity contribution >= 4 is 17.5 Å². The van der Waals surface area contributed by atoms with Crippen LogP contribution in [0.5, 0.6) is 0 Å². The zero-order valence-electron chi connectivity index (χ0n) is 8.26. The van der Waals surface area contributed by atoms with E-state index in [1.165, 1.54) is 6.42 Å². The van der Waals surface area contributed by atoms with Crippen LogP contribution in [0, 0.1) is 6.92 Å². The Bertz CT molecular complexity index is 300. The number of hydrogen-bond donors (Lipinski definition) is 1. The van der Waals surface area contributed by atoms with E-state index < -0.39 is 0 Å². The lowest BCUT2D eigenvalue weighted by atomic mass is 9.78. The van der Waals surface area contributed by atoms with E-state index >= 15 is 0 Å². The summed E-state index contributed by atoms with van der Waals surface area (Å²) in [4.78, 5) is 8.42. The van der Waals surface area contributed by atoms with Crippen molar-refractivity contribution < 1.29 is 0 Å². The van der Waals surface area contributed by atoms with Gasteiger partial charge in [-0.2, -0.15) is 0 Å². The highest BCUT2D eigenvalue weighted by molar-refractivity contribution is 6.18. The SMILES string of the molecule is Cc1cnc(NC2(CCl)CCC2)nc1. The number of aromatic nitrogens is 2. The molecule has 0 amide bonds. The summed E-state index contributed by atoms with van der Waals surface area (Å²) in [6.45, 7) is 1.98. The number of alkyl halides is 1. The minimum Gasteiger partial charge on any atom is -0.348 e. The van der Waals surface area contributed by atoms with Crippen molar-refractivity contribution in [2.75, 3.05) is 11.2 Å². The number of anilines is 1. The van der Waals surface area contributed by atoms with Gasteiger partial charge in [-0.15, -0.1) is 11.6 Å². The van der Waals surface area contributed by atoms with Crippen LogP contribution < -0.4 is 5.32 Å². The molecule has 0 aromatic carbocycles. The lowest BCUT2D eigenvalue weighted by molar-refractivity contribution is 0.309. The fraction of sp³-hybridized carbons (Fsp3) is 0.600. The second-order valence-electron chi connectivity index (χ2n) is 3.98. The first-order chi connectivity index (χ1) is 6.74. The van der Waals surface area contributed by atoms with Crippen LogP contribution in [0.1, 0.15) is 24.8 Å². The fourth-order valence-corrected chi connectivity index (χ4v) is 1.92. The van der Waals surface area contributed by atoms with Crippen molar-refractivity contribution in [3.05, 3.63) is 18.0 Å². The Labute approximate surface area is 88.9 Å². The zero-order chi connectivity index (χ0) is 10.0. The summed E-state index contributed by atoms with van der Waals surface area (Å²) in [5.41, 5.74) is 1.13. The molecular formula is C10H14ClN3. The van der Waals surface area contributed by atoms with Crippen LogP contribution in [0.4, 0.5) is 5.95 Å². The molecule has 0 spiro atoms. The Hall–Kier alpha value is -0.830. The summed E-state index contributed by atoms with van der Waals surface area (Å²) >= 11 is 5.92. The van der Waals surface area contributed by atoms with Gasteiger partial charge in [-0.1, -0.05) is 0 Å². The number of nitrogens with zero attached hydrogens (tertiary/aromatic N) is 2. The predicted molar refractivity (Wildman–Crippen MR) is 57.7 cm³/mol. The van der Waals surface area contributed by atoms with Gasteiger partial charge in [-0.05, 0) is 31.7 Å². The summed E-state index contributed by atoms with van der Waals surface area (Å²) < 4.78 is 0. The van der Waals surface area contributed by atoms with E-state index in [1.54, 1.807) is 0 Å². The van der Waals surface area contributed by atoms with Crippen LogP contribution in [-0.2, 0) is 0 Å². The molecular weight excluding hydrogens is 198 g/mol. The molecule has 0 bridgehead atoms. The smallest absolute Gasteiger partial charge is 0.223 e. The molecule has 0 radical (unpaired) electrons. The first-order valence-corrected chi connectivity index (χ1v) is 5.40. The van der Waals surface area contributed by atoms with Crippen molar-refractivity contribution in [3.8, 4) is 0 Å². The lowest BCUT2D eigenvalue weighted by Gasteiger charge is -2.40. The van der Waals surface area contributed by atoms with E-state index in [-0.39, 0.29) is 5.54 Å². The Morgan fingerprint density at radius 3 is 2.50 bits per heavy atom. The molecule has 0 atom stereocenters. The molecule has 1 aromatic rings. The maximum Gasteiger partial charge on any atom is 0.223 e. The number of nitrogens with one attached hydrogen (secondary N) is 1. The van der Waals surface area contributed by atoms with Gasteiger partial charge in [0.2, 0.25) is 5.95 Å². The van der Waals surface area contributed by atoms with E-state index in [0.717, 1.165) is 18.4 Å². The van der Waals surface area contributed by atoms with Crippen LogP contribution in [0.15, 0.2) is 12.4 Å². The normalized spacial score (nSPS) is 18.7. The van der Waals surface area contributed by atoms with E-state index in [9.17, 15) is 0 Å². The quantitative estimate of drug-likeness (QED) is 0.781. The minimum atomic E-state index is 0.0524. The molecule has 14 heavy (non-hydrogen) atoms. The molecule has 1 aliphatic rings. The van der Waals surface area contributed by atoms with Gasteiger partial charge in [0, 0.05) is 18.3 Å². The molecule has 1 N–H and O–H groups in total. The Balaban J connectivity index is 2.06. The van der Waals surface area contributed by atoms with Crippen molar-refractivity contribution in [1.29, 1.82) is 0 Å². The molecule has 1 fully saturated rings. The summed E-state index contributed by atoms with van der Waals surface area (Å²) in [7, 11) is 0. The van der Waals surface area contributed by atoms with Crippen LogP contribution in [0.2, 0.25) is 0 Å². The first-order valence-electron chi connectivity index (χ1n) is 4.87. The predicted octanol–water partition coefficient (Wildman–Crippen LogP) is 2.36. The molecule has 0 aliphatic heterocycles. The largest absolute Gasteiger partial charge is 0.348 e. The number of aryl methyl sites for hydroxylation is 1. The van der Waals surface area contributed by atoms with E-state index in [0.29, 0.717) is 11.8 Å². The second kappa shape index (κ2) is 3.73. The number of hydrogen-bond acceptors (Lipinski definition) is 3. The maximum absolute atomic E-state index is 5.92. The topological polar surface area (TPSA) is 37.8 Å². The van der Waals surface area contributed by atoms with Gasteiger partial charge in [0.05, 0.1) is 5.54 Å². The molecule has 1 aliphatic carbocycles. The van der Waals surface area contributed by atoms with Gasteiger partial charge in [0.15, 0.2) is 0 Å². The summed E-state index contributed by atoms with van der Waals surface area (Å²) in [6, 6.07) is 0. The highest BCUT2D eigenvalue weighted by Crippen LogP contribution is 2.35. The maximum atomic E-state index is 5.92. The van der Waals surface area contributed by atoms with Crippen LogP contribution >= 0.6 is 11.6 Å². The van der Waals surface area contributed by atoms with E-state index in [1.807, 2.05) is 19.3 Å². The Morgan fingerprint density at radius 1 is 1.43 bits per heavy atom. The third-order valence-corrected chi connectivity index (χ3v) is 3.24. The van der Waals surface area contributed by atoms with Gasteiger partial charge < -0.3 is 5.32 Å². The minimum absolute atomic E-state index is 0.0524. The molecule has 1 heterocycles. The first kappa shape index (κ1) is 9.71. The summed E-state index contributed by atoms with van der Waals surface area (Å²) in [5.74, 6) is 1.32. The number of rotatable bonds is 3. The highest BCUT2D eigenvalue weighted by atomic mass is 35.5.